The van der Waals surface area contributed by atoms with E-state index < -0.39 is 0 Å². The highest BCUT2D eigenvalue weighted by atomic mass is 35.5. The molecule has 1 aliphatic heterocycles. The molecule has 4 nitrogen and oxygen atoms in total. The summed E-state index contributed by atoms with van der Waals surface area (Å²) in [5.41, 5.74) is 4.42. The van der Waals surface area contributed by atoms with Crippen molar-refractivity contribution in [3.8, 4) is 18.0 Å². The lowest BCUT2D eigenvalue weighted by Gasteiger charge is -2.36. The fourth-order valence-electron chi connectivity index (χ4n) is 7.58. The van der Waals surface area contributed by atoms with Gasteiger partial charge in [-0.3, -0.25) is 9.36 Å². The maximum absolute atomic E-state index is 13.2. The molecule has 3 aliphatic rings. The molecule has 3 aromatic rings. The number of likely N-dealkylation sites (tertiary alicyclic amines) is 1. The molecule has 6 rings (SSSR count). The van der Waals surface area contributed by atoms with E-state index in [-0.39, 0.29) is 5.56 Å². The second kappa shape index (κ2) is 12.1. The zero-order chi connectivity index (χ0) is 27.6. The van der Waals surface area contributed by atoms with Gasteiger partial charge in [0.05, 0.1) is 21.6 Å². The summed E-state index contributed by atoms with van der Waals surface area (Å²) in [6.07, 6.45) is 18.8. The molecule has 3 fully saturated rings. The lowest BCUT2D eigenvalue weighted by Crippen LogP contribution is -2.37. The summed E-state index contributed by atoms with van der Waals surface area (Å²) < 4.78 is 2.28. The van der Waals surface area contributed by atoms with Crippen molar-refractivity contribution in [3.05, 3.63) is 68.7 Å². The SMILES string of the molecule is C#CC1CCC(CN2CCC(c3ccc(C)c(-n4c(C5CCCCC5)nc(=O)c5c(Cl)cccc54)c3)CC2)CC1. The highest BCUT2D eigenvalue weighted by molar-refractivity contribution is 6.35. The third-order valence-electron chi connectivity index (χ3n) is 9.99. The van der Waals surface area contributed by atoms with Crippen molar-refractivity contribution in [2.75, 3.05) is 19.6 Å². The van der Waals surface area contributed by atoms with E-state index in [9.17, 15) is 4.79 Å². The Morgan fingerprint density at radius 3 is 2.42 bits per heavy atom. The van der Waals surface area contributed by atoms with Gasteiger partial charge in [0.2, 0.25) is 0 Å². The van der Waals surface area contributed by atoms with Crippen LogP contribution in [0.5, 0.6) is 0 Å². The molecule has 0 unspecified atom stereocenters. The first-order valence-corrected chi connectivity index (χ1v) is 15.9. The summed E-state index contributed by atoms with van der Waals surface area (Å²) in [5.74, 6) is 6.03. The minimum absolute atomic E-state index is 0.202. The van der Waals surface area contributed by atoms with Gasteiger partial charge in [-0.1, -0.05) is 49.1 Å². The molecule has 2 saturated carbocycles. The average Bonchev–Trinajstić information content (AvgIpc) is 2.99. The molecule has 0 N–H and O–H groups in total. The fourth-order valence-corrected chi connectivity index (χ4v) is 7.83. The molecule has 0 atom stereocenters. The van der Waals surface area contributed by atoms with Crippen LogP contribution in [-0.2, 0) is 0 Å². The number of nitrogens with zero attached hydrogens (tertiary/aromatic N) is 3. The van der Waals surface area contributed by atoms with Crippen molar-refractivity contribution in [3.63, 3.8) is 0 Å². The third-order valence-corrected chi connectivity index (χ3v) is 10.3. The first-order valence-electron chi connectivity index (χ1n) is 15.5. The molecule has 0 bridgehead atoms. The quantitative estimate of drug-likeness (QED) is 0.299. The van der Waals surface area contributed by atoms with Gasteiger partial charge < -0.3 is 4.90 Å². The molecule has 0 radical (unpaired) electrons. The Hall–Kier alpha value is -2.61. The first kappa shape index (κ1) is 27.6. The van der Waals surface area contributed by atoms with Crippen LogP contribution in [0.1, 0.15) is 99.4 Å². The number of aryl methyl sites for hydroxylation is 1. The number of halogens is 1. The molecule has 2 aliphatic carbocycles. The van der Waals surface area contributed by atoms with Gasteiger partial charge in [-0.2, -0.15) is 4.98 Å². The molecule has 210 valence electrons. The van der Waals surface area contributed by atoms with Crippen LogP contribution in [0.4, 0.5) is 0 Å². The fraction of sp³-hybridized carbons (Fsp3) is 0.543. The minimum atomic E-state index is -0.202. The molecule has 0 amide bonds. The van der Waals surface area contributed by atoms with Crippen LogP contribution in [0, 0.1) is 31.1 Å². The van der Waals surface area contributed by atoms with E-state index in [0.717, 1.165) is 48.9 Å². The van der Waals surface area contributed by atoms with Gasteiger partial charge >= 0.3 is 0 Å². The third kappa shape index (κ3) is 5.61. The van der Waals surface area contributed by atoms with Gasteiger partial charge in [0.15, 0.2) is 0 Å². The highest BCUT2D eigenvalue weighted by Gasteiger charge is 2.28. The van der Waals surface area contributed by atoms with Gasteiger partial charge in [-0.25, -0.2) is 0 Å². The van der Waals surface area contributed by atoms with Gasteiger partial charge in [-0.15, -0.1) is 12.3 Å². The molecule has 0 spiro atoms. The predicted octanol–water partition coefficient (Wildman–Crippen LogP) is 8.01. The number of rotatable bonds is 5. The van der Waals surface area contributed by atoms with Gasteiger partial charge in [-0.05, 0) is 113 Å². The summed E-state index contributed by atoms with van der Waals surface area (Å²) in [7, 11) is 0. The van der Waals surface area contributed by atoms with E-state index >= 15 is 0 Å². The summed E-state index contributed by atoms with van der Waals surface area (Å²) in [5, 5.41) is 1.01. The molecule has 1 aromatic heterocycles. The minimum Gasteiger partial charge on any atom is -0.303 e. The molecular weight excluding hydrogens is 514 g/mol. The van der Waals surface area contributed by atoms with Crippen LogP contribution in [0.15, 0.2) is 41.2 Å². The molecule has 2 heterocycles. The molecule has 2 aromatic carbocycles. The Kier molecular flexibility index (Phi) is 8.33. The van der Waals surface area contributed by atoms with E-state index in [1.165, 1.54) is 75.5 Å². The number of terminal acetylenes is 1. The van der Waals surface area contributed by atoms with Crippen molar-refractivity contribution in [1.82, 2.24) is 14.5 Å². The predicted molar refractivity (Wildman–Crippen MR) is 166 cm³/mol. The zero-order valence-electron chi connectivity index (χ0n) is 23.9. The van der Waals surface area contributed by atoms with E-state index in [2.05, 4.69) is 40.5 Å². The summed E-state index contributed by atoms with van der Waals surface area (Å²) in [6.45, 7) is 5.72. The second-order valence-electron chi connectivity index (χ2n) is 12.6. The maximum atomic E-state index is 13.2. The lowest BCUT2D eigenvalue weighted by atomic mass is 9.81. The maximum Gasteiger partial charge on any atom is 0.282 e. The van der Waals surface area contributed by atoms with Crippen molar-refractivity contribution < 1.29 is 0 Å². The Labute approximate surface area is 244 Å². The van der Waals surface area contributed by atoms with Crippen LogP contribution >= 0.6 is 11.6 Å². The Balaban J connectivity index is 1.28. The Morgan fingerprint density at radius 1 is 0.950 bits per heavy atom. The van der Waals surface area contributed by atoms with Crippen molar-refractivity contribution >= 4 is 22.5 Å². The van der Waals surface area contributed by atoms with Crippen LogP contribution < -0.4 is 5.56 Å². The van der Waals surface area contributed by atoms with E-state index in [1.807, 2.05) is 12.1 Å². The normalized spacial score (nSPS) is 23.3. The van der Waals surface area contributed by atoms with Crippen LogP contribution in [0.3, 0.4) is 0 Å². The number of hydrogen-bond acceptors (Lipinski definition) is 3. The summed E-state index contributed by atoms with van der Waals surface area (Å²) >= 11 is 6.58. The monoisotopic (exact) mass is 555 g/mol. The van der Waals surface area contributed by atoms with Crippen molar-refractivity contribution in [2.24, 2.45) is 11.8 Å². The lowest BCUT2D eigenvalue weighted by molar-refractivity contribution is 0.158. The summed E-state index contributed by atoms with van der Waals surface area (Å²) in [4.78, 5) is 20.6. The first-order chi connectivity index (χ1) is 19.5. The highest BCUT2D eigenvalue weighted by Crippen LogP contribution is 2.37. The molecule has 40 heavy (non-hydrogen) atoms. The van der Waals surface area contributed by atoms with E-state index in [1.54, 1.807) is 6.07 Å². The van der Waals surface area contributed by atoms with E-state index in [0.29, 0.717) is 28.2 Å². The topological polar surface area (TPSA) is 38.1 Å². The zero-order valence-corrected chi connectivity index (χ0v) is 24.6. The number of benzene rings is 2. The standard InChI is InChI=1S/C35H42ClN3O/c1-3-25-13-15-26(16-14-25)23-38-20-18-27(19-21-38)29-17-12-24(2)32(22-29)39-31-11-7-10-30(36)33(31)35(40)37-34(39)28-8-5-4-6-9-28/h1,7,10-12,17,22,25-28H,4-6,8-9,13-16,18-21,23H2,2H3. The number of fused-ring (bicyclic) bond motifs is 1. The number of piperidine rings is 1. The van der Waals surface area contributed by atoms with Crippen molar-refractivity contribution in [1.29, 1.82) is 0 Å². The second-order valence-corrected chi connectivity index (χ2v) is 13.0. The van der Waals surface area contributed by atoms with Crippen LogP contribution in [-0.4, -0.2) is 34.1 Å². The Bertz CT molecular complexity index is 1450. The van der Waals surface area contributed by atoms with Crippen molar-refractivity contribution in [2.45, 2.75) is 89.4 Å². The van der Waals surface area contributed by atoms with E-state index in [4.69, 9.17) is 23.0 Å². The van der Waals surface area contributed by atoms with Gasteiger partial charge in [0.25, 0.3) is 5.56 Å². The molecule has 5 heteroatoms. The van der Waals surface area contributed by atoms with Gasteiger partial charge in [0, 0.05) is 18.4 Å². The molecular formula is C35H42ClN3O. The summed E-state index contributed by atoms with van der Waals surface area (Å²) in [6, 6.07) is 12.8. The largest absolute Gasteiger partial charge is 0.303 e. The number of aromatic nitrogens is 2. The van der Waals surface area contributed by atoms with Gasteiger partial charge in [0.1, 0.15) is 5.82 Å². The number of hydrogen-bond donors (Lipinski definition) is 0. The average molecular weight is 556 g/mol. The molecule has 1 saturated heterocycles. The van der Waals surface area contributed by atoms with Crippen LogP contribution in [0.25, 0.3) is 16.6 Å². The van der Waals surface area contributed by atoms with Crippen LogP contribution in [0.2, 0.25) is 5.02 Å². The Morgan fingerprint density at radius 2 is 1.70 bits per heavy atom. The smallest absolute Gasteiger partial charge is 0.282 e.